The molecule has 3 rings (SSSR count). The number of carbonyl (C=O) groups excluding carboxylic acids is 2. The van der Waals surface area contributed by atoms with Crippen LogP contribution in [0.15, 0.2) is 42.5 Å². The van der Waals surface area contributed by atoms with E-state index in [1.807, 2.05) is 51.1 Å². The third kappa shape index (κ3) is 5.75. The summed E-state index contributed by atoms with van der Waals surface area (Å²) < 4.78 is 5.60. The quantitative estimate of drug-likeness (QED) is 0.464. The Morgan fingerprint density at radius 1 is 1.09 bits per heavy atom. The first kappa shape index (κ1) is 24.0. The number of nitriles is 1. The van der Waals surface area contributed by atoms with Gasteiger partial charge in [-0.1, -0.05) is 0 Å². The van der Waals surface area contributed by atoms with E-state index in [0.29, 0.717) is 11.7 Å². The van der Waals surface area contributed by atoms with Crippen molar-refractivity contribution in [1.29, 1.82) is 5.26 Å². The van der Waals surface area contributed by atoms with Crippen LogP contribution in [-0.2, 0) is 20.9 Å². The molecule has 0 bridgehead atoms. The molecule has 1 heterocycles. The molecular weight excluding hydrogens is 419 g/mol. The zero-order valence-corrected chi connectivity index (χ0v) is 20.2. The van der Waals surface area contributed by atoms with Gasteiger partial charge in [-0.15, -0.1) is 0 Å². The van der Waals surface area contributed by atoms with Crippen molar-refractivity contribution in [3.05, 3.63) is 64.7 Å². The molecule has 5 nitrogen and oxygen atoms in total. The molecule has 0 spiro atoms. The molecule has 2 aromatic carbocycles. The predicted molar refractivity (Wildman–Crippen MR) is 132 cm³/mol. The van der Waals surface area contributed by atoms with Crippen molar-refractivity contribution in [2.75, 3.05) is 23.8 Å². The Hall–Kier alpha value is -2.70. The van der Waals surface area contributed by atoms with Crippen LogP contribution in [0, 0.1) is 25.2 Å². The maximum atomic E-state index is 13.3. The Kier molecular flexibility index (Phi) is 8.04. The normalized spacial score (nSPS) is 16.9. The summed E-state index contributed by atoms with van der Waals surface area (Å²) in [7, 11) is -2.20. The fourth-order valence-electron chi connectivity index (χ4n) is 4.83. The standard InChI is InChI=1S/C26H33N2O3P/c1-19-14-23(16-27)15-20(2)25(19)28-26(30)21(3)32(12-8-5-9-13-32)18-24(29)31-17-22-10-6-4-7-11-22/h4,6-7,10-11,14-15,21,32H,5,8-9,12-13,17-18H2,1-3H3,(H,28,30). The molecule has 170 valence electrons. The van der Waals surface area contributed by atoms with Crippen molar-refractivity contribution in [2.24, 2.45) is 0 Å². The van der Waals surface area contributed by atoms with E-state index < -0.39 is 7.26 Å². The first-order chi connectivity index (χ1) is 15.3. The second-order valence-electron chi connectivity index (χ2n) is 9.05. The number of aryl methyl sites for hydroxylation is 2. The van der Waals surface area contributed by atoms with Crippen LogP contribution in [0.2, 0.25) is 0 Å². The summed E-state index contributed by atoms with van der Waals surface area (Å²) in [6, 6.07) is 15.4. The van der Waals surface area contributed by atoms with Gasteiger partial charge in [-0.2, -0.15) is 0 Å². The van der Waals surface area contributed by atoms with E-state index in [-0.39, 0.29) is 24.1 Å². The topological polar surface area (TPSA) is 79.2 Å². The number of hydrogen-bond acceptors (Lipinski definition) is 4. The Morgan fingerprint density at radius 2 is 1.72 bits per heavy atom. The third-order valence-corrected chi connectivity index (χ3v) is 12.6. The predicted octanol–water partition coefficient (Wildman–Crippen LogP) is 5.18. The van der Waals surface area contributed by atoms with E-state index >= 15 is 0 Å². The van der Waals surface area contributed by atoms with Gasteiger partial charge in [0.2, 0.25) is 0 Å². The van der Waals surface area contributed by atoms with Gasteiger partial charge in [0, 0.05) is 0 Å². The van der Waals surface area contributed by atoms with Gasteiger partial charge in [-0.3, -0.25) is 0 Å². The van der Waals surface area contributed by atoms with Gasteiger partial charge in [0.1, 0.15) is 0 Å². The summed E-state index contributed by atoms with van der Waals surface area (Å²) in [5.74, 6) is -0.210. The van der Waals surface area contributed by atoms with Gasteiger partial charge in [0.05, 0.1) is 0 Å². The Balaban J connectivity index is 1.72. The molecule has 1 unspecified atom stereocenters. The van der Waals surface area contributed by atoms with Crippen LogP contribution in [0.25, 0.3) is 0 Å². The van der Waals surface area contributed by atoms with Crippen molar-refractivity contribution in [1.82, 2.24) is 0 Å². The minimum atomic E-state index is -2.20. The third-order valence-electron chi connectivity index (χ3n) is 6.81. The maximum absolute atomic E-state index is 13.3. The molecule has 1 amide bonds. The SMILES string of the molecule is Cc1cc(C#N)cc(C)c1NC(=O)C(C)[PH]1(CC(=O)OCc2ccccc2)CCCCC1. The molecule has 0 aromatic heterocycles. The van der Waals surface area contributed by atoms with Crippen LogP contribution in [-0.4, -0.2) is 36.0 Å². The number of carbonyl (C=O) groups is 2. The van der Waals surface area contributed by atoms with Crippen molar-refractivity contribution in [2.45, 2.75) is 52.3 Å². The molecule has 1 atom stereocenters. The van der Waals surface area contributed by atoms with E-state index in [9.17, 15) is 14.9 Å². The molecule has 1 fully saturated rings. The number of amides is 1. The van der Waals surface area contributed by atoms with Crippen molar-refractivity contribution in [3.63, 3.8) is 0 Å². The average Bonchev–Trinajstić information content (AvgIpc) is 2.80. The zero-order valence-electron chi connectivity index (χ0n) is 19.2. The molecule has 0 radical (unpaired) electrons. The van der Waals surface area contributed by atoms with Gasteiger partial charge in [0.15, 0.2) is 0 Å². The first-order valence-corrected chi connectivity index (χ1v) is 14.1. The number of benzene rings is 2. The van der Waals surface area contributed by atoms with Gasteiger partial charge in [-0.25, -0.2) is 0 Å². The van der Waals surface area contributed by atoms with Crippen molar-refractivity contribution in [3.8, 4) is 6.07 Å². The van der Waals surface area contributed by atoms with Crippen LogP contribution in [0.4, 0.5) is 5.69 Å². The molecule has 0 saturated carbocycles. The summed E-state index contributed by atoms with van der Waals surface area (Å²) in [5.41, 5.74) is 3.89. The average molecular weight is 453 g/mol. The summed E-state index contributed by atoms with van der Waals surface area (Å²) in [5, 5.41) is 12.3. The molecule has 1 N–H and O–H groups in total. The van der Waals surface area contributed by atoms with E-state index in [0.717, 1.165) is 54.0 Å². The van der Waals surface area contributed by atoms with Crippen LogP contribution in [0.3, 0.4) is 0 Å². The number of esters is 1. The zero-order chi connectivity index (χ0) is 23.1. The molecule has 1 aliphatic rings. The summed E-state index contributed by atoms with van der Waals surface area (Å²) in [4.78, 5) is 26.1. The van der Waals surface area contributed by atoms with Gasteiger partial charge < -0.3 is 0 Å². The van der Waals surface area contributed by atoms with Crippen LogP contribution < -0.4 is 5.32 Å². The molecule has 1 saturated heterocycles. The molecule has 32 heavy (non-hydrogen) atoms. The fourth-order valence-corrected chi connectivity index (χ4v) is 9.82. The summed E-state index contributed by atoms with van der Waals surface area (Å²) >= 11 is 0. The Labute approximate surface area is 191 Å². The second-order valence-corrected chi connectivity index (χ2v) is 14.0. The van der Waals surface area contributed by atoms with E-state index in [1.165, 1.54) is 0 Å². The summed E-state index contributed by atoms with van der Waals surface area (Å²) in [6.45, 7) is 6.08. The number of anilines is 1. The number of hydrogen-bond donors (Lipinski definition) is 1. The van der Waals surface area contributed by atoms with E-state index in [4.69, 9.17) is 4.74 Å². The number of rotatable bonds is 7. The monoisotopic (exact) mass is 452 g/mol. The van der Waals surface area contributed by atoms with E-state index in [1.54, 1.807) is 12.1 Å². The minimum absolute atomic E-state index is 0.0228. The summed E-state index contributed by atoms with van der Waals surface area (Å²) in [6.07, 6.45) is 5.66. The van der Waals surface area contributed by atoms with Crippen LogP contribution in [0.1, 0.15) is 48.4 Å². The first-order valence-electron chi connectivity index (χ1n) is 11.4. The van der Waals surface area contributed by atoms with Crippen LogP contribution in [0.5, 0.6) is 0 Å². The van der Waals surface area contributed by atoms with Crippen LogP contribution >= 0.6 is 7.26 Å². The number of ether oxygens (including phenoxy) is 1. The molecule has 1 aliphatic heterocycles. The number of nitrogens with one attached hydrogen (secondary N) is 1. The van der Waals surface area contributed by atoms with Gasteiger partial charge >= 0.3 is 191 Å². The fraction of sp³-hybridized carbons (Fsp3) is 0.423. The molecular formula is C26H33N2O3P. The van der Waals surface area contributed by atoms with Crippen molar-refractivity contribution < 1.29 is 14.3 Å². The Bertz CT molecular complexity index is 984. The van der Waals surface area contributed by atoms with Gasteiger partial charge in [-0.05, 0) is 0 Å². The molecule has 0 aliphatic carbocycles. The molecule has 6 heteroatoms. The van der Waals surface area contributed by atoms with E-state index in [2.05, 4.69) is 11.4 Å². The molecule has 2 aromatic rings. The van der Waals surface area contributed by atoms with Crippen molar-refractivity contribution >= 4 is 24.8 Å². The Morgan fingerprint density at radius 3 is 2.31 bits per heavy atom. The van der Waals surface area contributed by atoms with Gasteiger partial charge in [0.25, 0.3) is 0 Å². The number of nitrogens with zero attached hydrogens (tertiary/aromatic N) is 1. The second kappa shape index (κ2) is 10.7.